The molecule has 0 fully saturated rings. The molecule has 1 heterocycles. The van der Waals surface area contributed by atoms with E-state index >= 15 is 0 Å². The van der Waals surface area contributed by atoms with Gasteiger partial charge in [-0.1, -0.05) is 42.1 Å². The highest BCUT2D eigenvalue weighted by Gasteiger charge is 2.30. The number of carbonyl (C=O) groups excluding carboxylic acids is 1. The first-order valence-electron chi connectivity index (χ1n) is 10.5. The van der Waals surface area contributed by atoms with E-state index in [4.69, 9.17) is 9.47 Å². The molecule has 0 spiro atoms. The van der Waals surface area contributed by atoms with Crippen molar-refractivity contribution in [2.45, 2.75) is 23.6 Å². The van der Waals surface area contributed by atoms with Gasteiger partial charge in [-0.3, -0.25) is 0 Å². The number of rotatable bonds is 7. The monoisotopic (exact) mass is 520 g/mol. The molecule has 0 radical (unpaired) electrons. The summed E-state index contributed by atoms with van der Waals surface area (Å²) in [6, 6.07) is 14.6. The topological polar surface area (TPSA) is 53.4 Å². The second-order valence-electron chi connectivity index (χ2n) is 7.29. The van der Waals surface area contributed by atoms with Crippen molar-refractivity contribution < 1.29 is 36.2 Å². The maximum Gasteiger partial charge on any atom is 0.348 e. The van der Waals surface area contributed by atoms with Crippen LogP contribution in [-0.4, -0.2) is 22.4 Å². The highest BCUT2D eigenvalue weighted by molar-refractivity contribution is 7.99. The summed E-state index contributed by atoms with van der Waals surface area (Å²) in [5, 5.41) is 4.29. The zero-order chi connectivity index (χ0) is 26.0. The zero-order valence-corrected chi connectivity index (χ0v) is 19.6. The first-order chi connectivity index (χ1) is 17.2. The molecule has 11 heteroatoms. The van der Waals surface area contributed by atoms with E-state index in [0.717, 1.165) is 0 Å². The van der Waals surface area contributed by atoms with Crippen molar-refractivity contribution in [3.05, 3.63) is 94.9 Å². The lowest BCUT2D eigenvalue weighted by Crippen LogP contribution is -2.14. The molecule has 0 saturated heterocycles. The Balaban J connectivity index is 1.85. The molecule has 3 aromatic carbocycles. The minimum Gasteiger partial charge on any atom is -0.493 e. The maximum atomic E-state index is 14.5. The summed E-state index contributed by atoms with van der Waals surface area (Å²) in [5.74, 6) is -11.4. The summed E-state index contributed by atoms with van der Waals surface area (Å²) in [4.78, 5) is 11.8. The first-order valence-corrected chi connectivity index (χ1v) is 11.3. The molecule has 4 aromatic rings. The van der Waals surface area contributed by atoms with E-state index in [2.05, 4.69) is 5.10 Å². The van der Waals surface area contributed by atoms with Crippen molar-refractivity contribution in [3.63, 3.8) is 0 Å². The molecule has 186 valence electrons. The molecule has 1 aromatic heterocycles. The number of hydrogen-bond donors (Lipinski definition) is 0. The van der Waals surface area contributed by atoms with E-state index in [1.165, 1.54) is 17.7 Å². The van der Waals surface area contributed by atoms with Crippen LogP contribution in [0, 0.1) is 36.0 Å². The zero-order valence-electron chi connectivity index (χ0n) is 18.8. The van der Waals surface area contributed by atoms with Gasteiger partial charge in [-0.25, -0.2) is 26.7 Å². The lowest BCUT2D eigenvalue weighted by molar-refractivity contribution is 0.0714. The normalized spacial score (nSPS) is 11.0. The lowest BCUT2D eigenvalue weighted by atomic mass is 10.2. The van der Waals surface area contributed by atoms with Crippen molar-refractivity contribution in [1.29, 1.82) is 0 Å². The molecule has 0 bridgehead atoms. The molecule has 0 unspecified atom stereocenters. The number of aromatic nitrogens is 2. The van der Waals surface area contributed by atoms with Crippen LogP contribution in [0.5, 0.6) is 11.6 Å². The lowest BCUT2D eigenvalue weighted by Gasteiger charge is -2.13. The highest BCUT2D eigenvalue weighted by atomic mass is 32.2. The number of aryl methyl sites for hydroxylation is 1. The number of carbonyl (C=O) groups is 1. The van der Waals surface area contributed by atoms with Crippen molar-refractivity contribution in [2.75, 3.05) is 6.61 Å². The Kier molecular flexibility index (Phi) is 7.30. The summed E-state index contributed by atoms with van der Waals surface area (Å²) >= 11 is 0.210. The predicted molar refractivity (Wildman–Crippen MR) is 121 cm³/mol. The Bertz CT molecular complexity index is 1410. The number of hydrogen-bond acceptors (Lipinski definition) is 5. The van der Waals surface area contributed by atoms with Gasteiger partial charge in [-0.05, 0) is 38.1 Å². The smallest absolute Gasteiger partial charge is 0.348 e. The van der Waals surface area contributed by atoms with Gasteiger partial charge in [-0.2, -0.15) is 9.78 Å². The van der Waals surface area contributed by atoms with E-state index in [1.807, 2.05) is 0 Å². The van der Waals surface area contributed by atoms with Gasteiger partial charge in [-0.15, -0.1) is 0 Å². The van der Waals surface area contributed by atoms with E-state index < -0.39 is 40.0 Å². The van der Waals surface area contributed by atoms with Gasteiger partial charge in [0.2, 0.25) is 11.7 Å². The number of nitrogens with zero attached hydrogens (tertiary/aromatic N) is 2. The minimum absolute atomic E-state index is 0.0602. The summed E-state index contributed by atoms with van der Waals surface area (Å²) in [7, 11) is 0. The van der Waals surface area contributed by atoms with Gasteiger partial charge >= 0.3 is 5.97 Å². The maximum absolute atomic E-state index is 14.5. The van der Waals surface area contributed by atoms with Crippen LogP contribution in [0.25, 0.3) is 5.69 Å². The predicted octanol–water partition coefficient (Wildman–Crippen LogP) is 6.65. The molecule has 4 rings (SSSR count). The molecule has 0 atom stereocenters. The molecule has 36 heavy (non-hydrogen) atoms. The van der Waals surface area contributed by atoms with Crippen molar-refractivity contribution in [2.24, 2.45) is 0 Å². The molecule has 5 nitrogen and oxygen atoms in total. The fraction of sp³-hybridized carbons (Fsp3) is 0.120. The van der Waals surface area contributed by atoms with Crippen LogP contribution in [0.2, 0.25) is 0 Å². The van der Waals surface area contributed by atoms with Crippen LogP contribution in [0.3, 0.4) is 0 Å². The summed E-state index contributed by atoms with van der Waals surface area (Å²) in [5.41, 5.74) is 0.601. The summed E-state index contributed by atoms with van der Waals surface area (Å²) in [6.07, 6.45) is 0. The number of para-hydroxylation sites is 2. The second kappa shape index (κ2) is 10.4. The van der Waals surface area contributed by atoms with Crippen LogP contribution in [0.1, 0.15) is 23.0 Å². The van der Waals surface area contributed by atoms with Gasteiger partial charge in [0, 0.05) is 0 Å². The summed E-state index contributed by atoms with van der Waals surface area (Å²) in [6.45, 7) is 3.45. The molecule has 0 N–H and O–H groups in total. The number of halogens is 5. The Labute approximate surface area is 206 Å². The van der Waals surface area contributed by atoms with Crippen LogP contribution in [0.15, 0.2) is 64.4 Å². The SMILES string of the molecule is CCOc1ccccc1C(=O)Oc1c(Sc2c(F)c(F)c(F)c(F)c2F)c(C)nn1-c1ccccc1. The molecular weight excluding hydrogens is 503 g/mol. The van der Waals surface area contributed by atoms with Crippen LogP contribution in [-0.2, 0) is 0 Å². The Morgan fingerprint density at radius 1 is 0.861 bits per heavy atom. The molecular formula is C25H17F5N2O3S. The minimum atomic E-state index is -2.27. The fourth-order valence-corrected chi connectivity index (χ4v) is 4.25. The third-order valence-corrected chi connectivity index (χ3v) is 6.17. The van der Waals surface area contributed by atoms with E-state index in [0.29, 0.717) is 5.69 Å². The number of benzene rings is 3. The number of esters is 1. The Hall–Kier alpha value is -3.86. The third kappa shape index (κ3) is 4.66. The highest BCUT2D eigenvalue weighted by Crippen LogP contribution is 2.42. The number of ether oxygens (including phenoxy) is 2. The van der Waals surface area contributed by atoms with Gasteiger partial charge in [0.25, 0.3) is 0 Å². The largest absolute Gasteiger partial charge is 0.493 e. The molecule has 0 aliphatic carbocycles. The van der Waals surface area contributed by atoms with E-state index in [-0.39, 0.29) is 46.2 Å². The Morgan fingerprint density at radius 3 is 2.08 bits per heavy atom. The van der Waals surface area contributed by atoms with Crippen LogP contribution >= 0.6 is 11.8 Å². The van der Waals surface area contributed by atoms with Gasteiger partial charge in [0.05, 0.1) is 27.8 Å². The van der Waals surface area contributed by atoms with Crippen LogP contribution < -0.4 is 9.47 Å². The third-order valence-electron chi connectivity index (χ3n) is 4.94. The van der Waals surface area contributed by atoms with E-state index in [9.17, 15) is 26.7 Å². The fourth-order valence-electron chi connectivity index (χ4n) is 3.28. The average molecular weight is 520 g/mol. The van der Waals surface area contributed by atoms with Gasteiger partial charge < -0.3 is 9.47 Å². The van der Waals surface area contributed by atoms with Crippen molar-refractivity contribution in [3.8, 4) is 17.3 Å². The first kappa shape index (κ1) is 25.2. The van der Waals surface area contributed by atoms with Crippen LogP contribution in [0.4, 0.5) is 22.0 Å². The standard InChI is InChI=1S/C25H17F5N2O3S/c1-3-34-16-12-8-7-11-15(16)25(33)35-24-22(13(2)31-32(24)14-9-5-4-6-10-14)36-23-20(29)18(27)17(26)19(28)21(23)30/h4-12H,3H2,1-2H3. The molecule has 0 amide bonds. The van der Waals surface area contributed by atoms with Crippen molar-refractivity contribution >= 4 is 17.7 Å². The quantitative estimate of drug-likeness (QED) is 0.118. The molecule has 0 aliphatic rings. The van der Waals surface area contributed by atoms with Gasteiger partial charge in [0.15, 0.2) is 23.3 Å². The Morgan fingerprint density at radius 2 is 1.44 bits per heavy atom. The second-order valence-corrected chi connectivity index (χ2v) is 8.31. The summed E-state index contributed by atoms with van der Waals surface area (Å²) < 4.78 is 82.4. The molecule has 0 saturated carbocycles. The molecule has 0 aliphatic heterocycles. The van der Waals surface area contributed by atoms with Crippen molar-refractivity contribution in [1.82, 2.24) is 9.78 Å². The average Bonchev–Trinajstić information content (AvgIpc) is 3.19. The van der Waals surface area contributed by atoms with Gasteiger partial charge in [0.1, 0.15) is 11.3 Å². The van der Waals surface area contributed by atoms with E-state index in [1.54, 1.807) is 55.5 Å².